The van der Waals surface area contributed by atoms with E-state index in [2.05, 4.69) is 4.18 Å². The third-order valence-corrected chi connectivity index (χ3v) is 3.37. The van der Waals surface area contributed by atoms with Gasteiger partial charge in [-0.3, -0.25) is 0 Å². The molecular formula is C10H13KO6S. The normalized spacial score (nSPS) is 14.4. The van der Waals surface area contributed by atoms with E-state index in [0.717, 1.165) is 12.5 Å². The molecule has 0 fully saturated rings. The summed E-state index contributed by atoms with van der Waals surface area (Å²) in [6.45, 7) is 2.51. The van der Waals surface area contributed by atoms with Gasteiger partial charge in [0, 0.05) is 6.92 Å². The summed E-state index contributed by atoms with van der Waals surface area (Å²) < 4.78 is 27.5. The van der Waals surface area contributed by atoms with Crippen molar-refractivity contribution in [2.75, 3.05) is 0 Å². The molecule has 0 aliphatic rings. The standard InChI is InChI=1S/C10H12O6S.K.H/c1-7-3-5-8(6-4-7)17(14,15)16-10(2,13)9(11)12;;/h3-6,13H,1-2H3,(H,11,12);;/q;+1;-1. The maximum Gasteiger partial charge on any atom is 1.00 e. The molecule has 18 heavy (non-hydrogen) atoms. The van der Waals surface area contributed by atoms with Gasteiger partial charge in [0.2, 0.25) is 0 Å². The van der Waals surface area contributed by atoms with E-state index in [9.17, 15) is 18.3 Å². The fraction of sp³-hybridized carbons (Fsp3) is 0.300. The average molecular weight is 300 g/mol. The van der Waals surface area contributed by atoms with Crippen molar-refractivity contribution in [1.82, 2.24) is 0 Å². The van der Waals surface area contributed by atoms with Gasteiger partial charge in [-0.2, -0.15) is 8.42 Å². The summed E-state index contributed by atoms with van der Waals surface area (Å²) in [6.07, 6.45) is 0. The summed E-state index contributed by atoms with van der Waals surface area (Å²) in [7, 11) is -4.31. The molecule has 0 radical (unpaired) electrons. The third-order valence-electron chi connectivity index (χ3n) is 1.98. The monoisotopic (exact) mass is 300 g/mol. The van der Waals surface area contributed by atoms with Gasteiger partial charge in [-0.05, 0) is 19.1 Å². The molecule has 0 aromatic heterocycles. The molecule has 0 amide bonds. The van der Waals surface area contributed by atoms with Gasteiger partial charge in [-0.1, -0.05) is 17.7 Å². The van der Waals surface area contributed by atoms with Crippen LogP contribution in [0.1, 0.15) is 13.9 Å². The maximum absolute atomic E-state index is 11.6. The molecule has 1 rings (SSSR count). The third kappa shape index (κ3) is 4.70. The van der Waals surface area contributed by atoms with Crippen molar-refractivity contribution in [2.24, 2.45) is 0 Å². The van der Waals surface area contributed by atoms with Crippen LogP contribution in [0.5, 0.6) is 0 Å². The molecule has 2 N–H and O–H groups in total. The molecule has 6 nitrogen and oxygen atoms in total. The van der Waals surface area contributed by atoms with E-state index in [1.807, 2.05) is 0 Å². The molecule has 1 atom stereocenters. The van der Waals surface area contributed by atoms with E-state index in [0.29, 0.717) is 0 Å². The molecule has 0 aliphatic carbocycles. The number of hydrogen-bond acceptors (Lipinski definition) is 5. The molecule has 0 saturated carbocycles. The van der Waals surface area contributed by atoms with Crippen molar-refractivity contribution in [3.63, 3.8) is 0 Å². The van der Waals surface area contributed by atoms with Crippen LogP contribution in [0.3, 0.4) is 0 Å². The zero-order valence-electron chi connectivity index (χ0n) is 11.2. The minimum atomic E-state index is -4.31. The van der Waals surface area contributed by atoms with Crippen LogP contribution in [0, 0.1) is 6.92 Å². The van der Waals surface area contributed by atoms with E-state index < -0.39 is 21.9 Å². The van der Waals surface area contributed by atoms with Crippen LogP contribution in [-0.2, 0) is 19.1 Å². The van der Waals surface area contributed by atoms with Crippen molar-refractivity contribution < 1.29 is 80.4 Å². The predicted octanol–water partition coefficient (Wildman–Crippen LogP) is -2.39. The molecule has 0 saturated heterocycles. The van der Waals surface area contributed by atoms with Gasteiger partial charge < -0.3 is 11.6 Å². The molecule has 0 aliphatic heterocycles. The first-order valence-electron chi connectivity index (χ1n) is 4.63. The minimum absolute atomic E-state index is 0. The zero-order valence-corrected chi connectivity index (χ0v) is 14.2. The molecule has 8 heteroatoms. The molecule has 0 spiro atoms. The molecule has 1 aromatic rings. The number of benzene rings is 1. The molecule has 1 unspecified atom stereocenters. The van der Waals surface area contributed by atoms with Gasteiger partial charge in [-0.15, -0.1) is 0 Å². The molecule has 0 heterocycles. The van der Waals surface area contributed by atoms with Gasteiger partial charge in [0.05, 0.1) is 4.90 Å². The second-order valence-electron chi connectivity index (χ2n) is 3.64. The van der Waals surface area contributed by atoms with Crippen LogP contribution in [0.2, 0.25) is 0 Å². The number of carboxylic acids is 1. The van der Waals surface area contributed by atoms with E-state index in [1.54, 1.807) is 6.92 Å². The van der Waals surface area contributed by atoms with Crippen molar-refractivity contribution >= 4 is 16.1 Å². The summed E-state index contributed by atoms with van der Waals surface area (Å²) in [6, 6.07) is 5.60. The topological polar surface area (TPSA) is 101 Å². The van der Waals surface area contributed by atoms with Gasteiger partial charge in [-0.25, -0.2) is 8.98 Å². The Morgan fingerprint density at radius 3 is 2.17 bits per heavy atom. The molecular weight excluding hydrogens is 287 g/mol. The van der Waals surface area contributed by atoms with Crippen LogP contribution < -0.4 is 51.4 Å². The Bertz CT molecular complexity index is 525. The smallest absolute Gasteiger partial charge is 1.00 e. The van der Waals surface area contributed by atoms with E-state index in [1.165, 1.54) is 24.3 Å². The fourth-order valence-corrected chi connectivity index (χ4v) is 2.07. The van der Waals surface area contributed by atoms with Crippen LogP contribution in [0.4, 0.5) is 0 Å². The summed E-state index contributed by atoms with van der Waals surface area (Å²) in [5.41, 5.74) is 0.842. The first kappa shape index (κ1) is 18.2. The Kier molecular flexibility index (Phi) is 6.65. The largest absolute Gasteiger partial charge is 1.00 e. The van der Waals surface area contributed by atoms with Gasteiger partial charge >= 0.3 is 57.4 Å². The first-order chi connectivity index (χ1) is 7.65. The number of hydrogen-bond donors (Lipinski definition) is 2. The quantitative estimate of drug-likeness (QED) is 0.365. The maximum atomic E-state index is 11.6. The Morgan fingerprint density at radius 2 is 1.78 bits per heavy atom. The van der Waals surface area contributed by atoms with Crippen LogP contribution in [0.15, 0.2) is 29.2 Å². The second-order valence-corrected chi connectivity index (χ2v) is 5.18. The number of carboxylic acid groups (broad SMARTS) is 1. The molecule has 1 aromatic carbocycles. The Balaban J connectivity index is 0. The van der Waals surface area contributed by atoms with E-state index in [4.69, 9.17) is 5.11 Å². The number of carbonyl (C=O) groups is 1. The average Bonchev–Trinajstić information content (AvgIpc) is 2.16. The van der Waals surface area contributed by atoms with Crippen LogP contribution >= 0.6 is 0 Å². The summed E-state index contributed by atoms with van der Waals surface area (Å²) in [4.78, 5) is 10.3. The number of aliphatic hydroxyl groups is 1. The Hall–Kier alpha value is 0.196. The predicted molar refractivity (Wildman–Crippen MR) is 58.8 cm³/mol. The van der Waals surface area contributed by atoms with Gasteiger partial charge in [0.1, 0.15) is 0 Å². The van der Waals surface area contributed by atoms with Crippen molar-refractivity contribution in [2.45, 2.75) is 24.5 Å². The summed E-state index contributed by atoms with van der Waals surface area (Å²) in [5.74, 6) is -4.57. The summed E-state index contributed by atoms with van der Waals surface area (Å²) >= 11 is 0. The first-order valence-corrected chi connectivity index (χ1v) is 6.04. The summed E-state index contributed by atoms with van der Waals surface area (Å²) in [5, 5.41) is 17.8. The Morgan fingerprint density at radius 1 is 1.33 bits per heavy atom. The van der Waals surface area contributed by atoms with Crippen molar-refractivity contribution in [3.05, 3.63) is 29.8 Å². The Labute approximate surface area is 149 Å². The number of aryl methyl sites for hydroxylation is 1. The van der Waals surface area contributed by atoms with E-state index >= 15 is 0 Å². The zero-order chi connectivity index (χ0) is 13.3. The van der Waals surface area contributed by atoms with Gasteiger partial charge in [0.15, 0.2) is 0 Å². The SMILES string of the molecule is Cc1ccc(S(=O)(=O)OC(C)(O)C(=O)O)cc1.[H-].[K+]. The minimum Gasteiger partial charge on any atom is -1.00 e. The fourth-order valence-electron chi connectivity index (χ4n) is 1.00. The van der Waals surface area contributed by atoms with E-state index in [-0.39, 0.29) is 57.7 Å². The second kappa shape index (κ2) is 6.57. The van der Waals surface area contributed by atoms with Crippen molar-refractivity contribution in [3.8, 4) is 0 Å². The van der Waals surface area contributed by atoms with Crippen LogP contribution in [0.25, 0.3) is 0 Å². The van der Waals surface area contributed by atoms with Crippen LogP contribution in [-0.4, -0.2) is 30.4 Å². The number of rotatable bonds is 4. The number of aliphatic carboxylic acids is 1. The van der Waals surface area contributed by atoms with Crippen molar-refractivity contribution in [1.29, 1.82) is 0 Å². The molecule has 0 bridgehead atoms. The molecule has 96 valence electrons. The van der Waals surface area contributed by atoms with Gasteiger partial charge in [0.25, 0.3) is 15.9 Å².